The fourth-order valence-corrected chi connectivity index (χ4v) is 11.5. The van der Waals surface area contributed by atoms with Crippen molar-refractivity contribution in [3.8, 4) is 0 Å². The maximum Gasteiger partial charge on any atom is 0.306 e. The van der Waals surface area contributed by atoms with E-state index in [4.69, 9.17) is 23.7 Å². The van der Waals surface area contributed by atoms with Crippen molar-refractivity contribution in [3.05, 3.63) is 12.3 Å². The van der Waals surface area contributed by atoms with Crippen molar-refractivity contribution in [2.24, 2.45) is 29.6 Å². The molecule has 79 heavy (non-hydrogen) atoms. The van der Waals surface area contributed by atoms with Crippen LogP contribution in [0.2, 0.25) is 0 Å². The van der Waals surface area contributed by atoms with Crippen molar-refractivity contribution in [2.75, 3.05) is 19.8 Å². The molecule has 0 bridgehead atoms. The number of hydrogen-bond acceptors (Lipinski definition) is 10. The van der Waals surface area contributed by atoms with Crippen LogP contribution < -0.4 is 0 Å². The molecule has 2 aliphatic carbocycles. The van der Waals surface area contributed by atoms with Crippen molar-refractivity contribution >= 4 is 36.3 Å². The summed E-state index contributed by atoms with van der Waals surface area (Å²) in [5.41, 5.74) is 0. The molecule has 0 radical (unpaired) electrons. The maximum absolute atomic E-state index is 13.2. The number of esters is 3. The zero-order valence-corrected chi connectivity index (χ0v) is 52.6. The first kappa shape index (κ1) is 76.0. The minimum atomic E-state index is -0.237. The fourth-order valence-electron chi connectivity index (χ4n) is 11.5. The Morgan fingerprint density at radius 1 is 0.456 bits per heavy atom. The molecule has 0 aromatic carbocycles. The Morgan fingerprint density at radius 3 is 1.32 bits per heavy atom. The topological polar surface area (TPSA) is 139 Å². The molecule has 462 valence electrons. The number of carbonyl (C=O) groups is 6. The van der Waals surface area contributed by atoms with Gasteiger partial charge < -0.3 is 23.7 Å². The summed E-state index contributed by atoms with van der Waals surface area (Å²) < 4.78 is 23.0. The maximum atomic E-state index is 13.2. The SMILES string of the molecule is C=C(CC(CC(=O)CC)CC(=O)OCCCCCCCC)OCCCCCCCCCCCCCCCOC(=O)CC(CCCC)CC(=O)O[C@H]1CC(C(=O)CCC2CCCCCCC2)C[C@@H]1C.C=O.CCCCCCCCC. The van der Waals surface area contributed by atoms with Crippen molar-refractivity contribution in [1.29, 1.82) is 0 Å². The average Bonchev–Trinajstić information content (AvgIpc) is 3.80. The van der Waals surface area contributed by atoms with E-state index in [0.29, 0.717) is 69.4 Å². The lowest BCUT2D eigenvalue weighted by atomic mass is 9.86. The molecule has 3 unspecified atom stereocenters. The number of Topliss-reactive ketones (excluding diaryl/α,β-unsaturated/α-hetero) is 2. The third-order valence-electron chi connectivity index (χ3n) is 16.7. The van der Waals surface area contributed by atoms with Crippen LogP contribution in [0.25, 0.3) is 0 Å². The number of carbonyl (C=O) groups excluding carboxylic acids is 6. The van der Waals surface area contributed by atoms with Crippen molar-refractivity contribution in [1.82, 2.24) is 0 Å². The highest BCUT2D eigenvalue weighted by atomic mass is 16.5. The van der Waals surface area contributed by atoms with Crippen molar-refractivity contribution in [2.45, 2.75) is 343 Å². The van der Waals surface area contributed by atoms with Gasteiger partial charge in [-0.05, 0) is 68.6 Å². The number of hydrogen-bond donors (Lipinski definition) is 0. The van der Waals surface area contributed by atoms with E-state index >= 15 is 0 Å². The molecular formula is C69H126O10. The molecule has 2 fully saturated rings. The first-order valence-corrected chi connectivity index (χ1v) is 33.6. The summed E-state index contributed by atoms with van der Waals surface area (Å²) in [6, 6.07) is 0. The number of ketones is 2. The Morgan fingerprint density at radius 2 is 0.861 bits per heavy atom. The monoisotopic (exact) mass is 1110 g/mol. The van der Waals surface area contributed by atoms with E-state index in [1.165, 1.54) is 167 Å². The van der Waals surface area contributed by atoms with Crippen LogP contribution in [0.1, 0.15) is 337 Å². The lowest BCUT2D eigenvalue weighted by Crippen LogP contribution is -2.24. The van der Waals surface area contributed by atoms with Crippen LogP contribution in [0.4, 0.5) is 0 Å². The van der Waals surface area contributed by atoms with E-state index in [1.807, 2.05) is 13.7 Å². The summed E-state index contributed by atoms with van der Waals surface area (Å²) in [6.45, 7) is 20.4. The van der Waals surface area contributed by atoms with E-state index in [-0.39, 0.29) is 72.7 Å². The van der Waals surface area contributed by atoms with Gasteiger partial charge >= 0.3 is 17.9 Å². The van der Waals surface area contributed by atoms with Gasteiger partial charge in [0.25, 0.3) is 0 Å². The van der Waals surface area contributed by atoms with Gasteiger partial charge in [-0.3, -0.25) is 24.0 Å². The molecule has 5 atom stereocenters. The average molecular weight is 1120 g/mol. The second kappa shape index (κ2) is 55.5. The summed E-state index contributed by atoms with van der Waals surface area (Å²) in [7, 11) is 0. The van der Waals surface area contributed by atoms with Gasteiger partial charge in [0.1, 0.15) is 24.5 Å². The quantitative estimate of drug-likeness (QED) is 0.0250. The number of rotatable bonds is 49. The van der Waals surface area contributed by atoms with Crippen LogP contribution in [0, 0.1) is 29.6 Å². The lowest BCUT2D eigenvalue weighted by Gasteiger charge is -2.20. The third-order valence-corrected chi connectivity index (χ3v) is 16.7. The van der Waals surface area contributed by atoms with Crippen molar-refractivity contribution in [3.63, 3.8) is 0 Å². The standard InChI is InChI=1S/C59H104O9.C9H20.CH2O/c1-6-9-11-12-25-31-40-67-58(63)46-52(43-54(60)8-3)42-49(5)65-38-30-26-20-18-16-14-13-15-17-19-21-27-32-39-66-57(62)44-51(33-10-7-2)45-59(64)68-56-47-53(41-48(56)4)55(61)37-36-50-34-28-23-22-24-29-35-50;1-3-5-7-9-8-6-4-2;1-2/h48,50-53,56H,5-47H2,1-4H3;3-9H2,1-2H3;1H2/t48-,51?,52?,53?,56-;;/m0../s1. The summed E-state index contributed by atoms with van der Waals surface area (Å²) in [5, 5.41) is 0. The largest absolute Gasteiger partial charge is 0.499 e. The summed E-state index contributed by atoms with van der Waals surface area (Å²) in [5.74, 6) is 1.19. The molecule has 0 saturated heterocycles. The smallest absolute Gasteiger partial charge is 0.306 e. The number of unbranched alkanes of at least 4 members (excludes halogenated alkanes) is 24. The molecule has 2 aliphatic rings. The Kier molecular flexibility index (Phi) is 53.4. The molecule has 0 aromatic heterocycles. The molecule has 0 aliphatic heterocycles. The van der Waals surface area contributed by atoms with E-state index < -0.39 is 0 Å². The Labute approximate surface area is 486 Å². The molecule has 2 saturated carbocycles. The Hall–Kier alpha value is -3.04. The van der Waals surface area contributed by atoms with Gasteiger partial charge in [-0.15, -0.1) is 0 Å². The van der Waals surface area contributed by atoms with Gasteiger partial charge in [-0.2, -0.15) is 0 Å². The second-order valence-electron chi connectivity index (χ2n) is 24.1. The van der Waals surface area contributed by atoms with Gasteiger partial charge in [-0.25, -0.2) is 0 Å². The third kappa shape index (κ3) is 46.2. The van der Waals surface area contributed by atoms with Crippen LogP contribution in [0.5, 0.6) is 0 Å². The zero-order valence-electron chi connectivity index (χ0n) is 52.6. The predicted molar refractivity (Wildman–Crippen MR) is 328 cm³/mol. The van der Waals surface area contributed by atoms with Crippen LogP contribution in [-0.2, 0) is 47.7 Å². The minimum absolute atomic E-state index is 0.00375. The Balaban J connectivity index is 0.00000499. The predicted octanol–water partition coefficient (Wildman–Crippen LogP) is 19.6. The lowest BCUT2D eigenvalue weighted by molar-refractivity contribution is -0.153. The summed E-state index contributed by atoms with van der Waals surface area (Å²) in [4.78, 5) is 71.8. The van der Waals surface area contributed by atoms with Gasteiger partial charge in [-0.1, -0.05) is 254 Å². The minimum Gasteiger partial charge on any atom is -0.499 e. The van der Waals surface area contributed by atoms with Gasteiger partial charge in [0.2, 0.25) is 0 Å². The van der Waals surface area contributed by atoms with Gasteiger partial charge in [0.15, 0.2) is 0 Å². The van der Waals surface area contributed by atoms with Crippen LogP contribution in [-0.4, -0.2) is 62.2 Å². The molecule has 10 heteroatoms. The highest BCUT2D eigenvalue weighted by molar-refractivity contribution is 5.81. The number of ether oxygens (including phenoxy) is 4. The fraction of sp³-hybridized carbons (Fsp3) is 0.884. The molecule has 0 heterocycles. The highest BCUT2D eigenvalue weighted by Gasteiger charge is 2.38. The second-order valence-corrected chi connectivity index (χ2v) is 24.1. The van der Waals surface area contributed by atoms with Gasteiger partial charge in [0, 0.05) is 50.9 Å². The van der Waals surface area contributed by atoms with E-state index in [2.05, 4.69) is 41.2 Å². The van der Waals surface area contributed by atoms with Crippen molar-refractivity contribution < 1.29 is 47.7 Å². The molecule has 0 spiro atoms. The first-order chi connectivity index (χ1) is 38.4. The van der Waals surface area contributed by atoms with Crippen LogP contribution >= 0.6 is 0 Å². The Bertz CT molecular complexity index is 1460. The molecule has 10 nitrogen and oxygen atoms in total. The van der Waals surface area contributed by atoms with E-state index in [9.17, 15) is 24.0 Å². The number of allylic oxidation sites excluding steroid dienone is 1. The summed E-state index contributed by atoms with van der Waals surface area (Å²) in [6.07, 6.45) is 49.0. The first-order valence-electron chi connectivity index (χ1n) is 33.6. The molecule has 0 amide bonds. The summed E-state index contributed by atoms with van der Waals surface area (Å²) >= 11 is 0. The van der Waals surface area contributed by atoms with Crippen LogP contribution in [0.3, 0.4) is 0 Å². The highest BCUT2D eigenvalue weighted by Crippen LogP contribution is 2.36. The molecule has 0 N–H and O–H groups in total. The van der Waals surface area contributed by atoms with E-state index in [1.54, 1.807) is 0 Å². The van der Waals surface area contributed by atoms with Crippen LogP contribution in [0.15, 0.2) is 12.3 Å². The normalized spacial score (nSPS) is 17.2. The molecule has 2 rings (SSSR count). The molecule has 0 aromatic rings. The van der Waals surface area contributed by atoms with E-state index in [0.717, 1.165) is 77.0 Å². The molecular weight excluding hydrogens is 989 g/mol. The zero-order chi connectivity index (χ0) is 58.4. The van der Waals surface area contributed by atoms with Gasteiger partial charge in [0.05, 0.1) is 25.6 Å².